The number of aryl methyl sites for hydroxylation is 1. The van der Waals surface area contributed by atoms with Crippen LogP contribution >= 0.6 is 0 Å². The highest BCUT2D eigenvalue weighted by atomic mass is 16.5. The molecular formula is C20H17N3O2. The lowest BCUT2D eigenvalue weighted by atomic mass is 9.96. The van der Waals surface area contributed by atoms with Crippen LogP contribution in [0.3, 0.4) is 0 Å². The van der Waals surface area contributed by atoms with Crippen molar-refractivity contribution in [3.63, 3.8) is 0 Å². The molecule has 0 amide bonds. The van der Waals surface area contributed by atoms with Crippen molar-refractivity contribution in [2.24, 2.45) is 0 Å². The number of hydrogen-bond donors (Lipinski definition) is 0. The minimum atomic E-state index is 0.437. The van der Waals surface area contributed by atoms with Crippen molar-refractivity contribution in [2.75, 3.05) is 14.2 Å². The average Bonchev–Trinajstić information content (AvgIpc) is 3.06. The molecule has 0 bridgehead atoms. The van der Waals surface area contributed by atoms with Crippen LogP contribution in [0.25, 0.3) is 22.6 Å². The molecule has 1 aliphatic rings. The largest absolute Gasteiger partial charge is 0.493 e. The van der Waals surface area contributed by atoms with Crippen molar-refractivity contribution in [1.82, 2.24) is 9.55 Å². The van der Waals surface area contributed by atoms with E-state index < -0.39 is 0 Å². The molecule has 3 aromatic rings. The number of fused-ring (bicyclic) bond motifs is 3. The molecule has 5 heteroatoms. The molecule has 4 rings (SSSR count). The fourth-order valence-electron chi connectivity index (χ4n) is 3.41. The second-order valence-corrected chi connectivity index (χ2v) is 5.88. The van der Waals surface area contributed by atoms with Gasteiger partial charge in [-0.1, -0.05) is 30.3 Å². The van der Waals surface area contributed by atoms with E-state index in [1.807, 2.05) is 42.5 Å². The second-order valence-electron chi connectivity index (χ2n) is 5.88. The summed E-state index contributed by atoms with van der Waals surface area (Å²) in [6, 6.07) is 16.1. The summed E-state index contributed by atoms with van der Waals surface area (Å²) in [4.78, 5) is 4.61. The molecule has 0 fully saturated rings. The van der Waals surface area contributed by atoms with E-state index in [9.17, 15) is 5.26 Å². The summed E-state index contributed by atoms with van der Waals surface area (Å²) in [5.74, 6) is 2.18. The molecule has 124 valence electrons. The first-order valence-electron chi connectivity index (χ1n) is 8.08. The van der Waals surface area contributed by atoms with Gasteiger partial charge in [-0.05, 0) is 24.1 Å². The Kier molecular flexibility index (Phi) is 3.66. The van der Waals surface area contributed by atoms with Crippen LogP contribution < -0.4 is 9.47 Å². The number of benzene rings is 2. The van der Waals surface area contributed by atoms with Crippen molar-refractivity contribution in [3.8, 4) is 40.2 Å². The standard InChI is InChI=1S/C20H17N3O2/c1-24-17-10-14-8-9-23-19(15(14)11-18(17)25-2)16(12-21)22-20(23)13-6-4-3-5-7-13/h3-7,10-11H,8-9H2,1-2H3. The predicted octanol–water partition coefficient (Wildman–Crippen LogP) is 3.66. The third-order valence-electron chi connectivity index (χ3n) is 4.57. The van der Waals surface area contributed by atoms with E-state index in [1.165, 1.54) is 0 Å². The maximum Gasteiger partial charge on any atom is 0.167 e. The topological polar surface area (TPSA) is 60.1 Å². The van der Waals surface area contributed by atoms with Crippen LogP contribution in [0, 0.1) is 11.3 Å². The SMILES string of the molecule is COc1cc2c(cc1OC)-c1c(C#N)nc(-c3ccccc3)n1CC2. The van der Waals surface area contributed by atoms with Crippen LogP contribution in [-0.4, -0.2) is 23.8 Å². The molecule has 25 heavy (non-hydrogen) atoms. The van der Waals surface area contributed by atoms with E-state index >= 15 is 0 Å². The van der Waals surface area contributed by atoms with Crippen LogP contribution in [0.2, 0.25) is 0 Å². The van der Waals surface area contributed by atoms with Gasteiger partial charge in [0, 0.05) is 17.7 Å². The van der Waals surface area contributed by atoms with Gasteiger partial charge in [-0.3, -0.25) is 0 Å². The van der Waals surface area contributed by atoms with Crippen molar-refractivity contribution >= 4 is 0 Å². The molecule has 0 saturated heterocycles. The van der Waals surface area contributed by atoms with Gasteiger partial charge < -0.3 is 14.0 Å². The lowest BCUT2D eigenvalue weighted by Gasteiger charge is -2.22. The van der Waals surface area contributed by atoms with Gasteiger partial charge in [0.05, 0.1) is 19.9 Å². The smallest absolute Gasteiger partial charge is 0.167 e. The fraction of sp³-hybridized carbons (Fsp3) is 0.200. The zero-order valence-corrected chi connectivity index (χ0v) is 14.1. The van der Waals surface area contributed by atoms with Crippen molar-refractivity contribution in [2.45, 2.75) is 13.0 Å². The van der Waals surface area contributed by atoms with Crippen LogP contribution in [0.1, 0.15) is 11.3 Å². The first kappa shape index (κ1) is 15.3. The Balaban J connectivity index is 1.97. The maximum absolute atomic E-state index is 9.62. The summed E-state index contributed by atoms with van der Waals surface area (Å²) in [5.41, 5.74) is 4.42. The van der Waals surface area contributed by atoms with Crippen molar-refractivity contribution < 1.29 is 9.47 Å². The molecule has 0 atom stereocenters. The zero-order chi connectivity index (χ0) is 17.4. The van der Waals surface area contributed by atoms with Gasteiger partial charge in [0.15, 0.2) is 17.2 Å². The Morgan fingerprint density at radius 1 is 1.08 bits per heavy atom. The Morgan fingerprint density at radius 3 is 2.48 bits per heavy atom. The lowest BCUT2D eigenvalue weighted by molar-refractivity contribution is 0.354. The van der Waals surface area contributed by atoms with Gasteiger partial charge in [0.2, 0.25) is 0 Å². The molecule has 0 radical (unpaired) electrons. The fourth-order valence-corrected chi connectivity index (χ4v) is 3.41. The Labute approximate surface area is 146 Å². The van der Waals surface area contributed by atoms with E-state index in [4.69, 9.17) is 9.47 Å². The van der Waals surface area contributed by atoms with Crippen molar-refractivity contribution in [1.29, 1.82) is 5.26 Å². The summed E-state index contributed by atoms with van der Waals surface area (Å²) < 4.78 is 13.0. The highest BCUT2D eigenvalue weighted by Gasteiger charge is 2.26. The van der Waals surface area contributed by atoms with E-state index in [1.54, 1.807) is 14.2 Å². The van der Waals surface area contributed by atoms with Crippen LogP contribution in [0.15, 0.2) is 42.5 Å². The third-order valence-corrected chi connectivity index (χ3v) is 4.57. The second kappa shape index (κ2) is 5.99. The Hall–Kier alpha value is -3.26. The summed E-state index contributed by atoms with van der Waals surface area (Å²) in [6.45, 7) is 0.775. The van der Waals surface area contributed by atoms with Gasteiger partial charge in [0.25, 0.3) is 0 Å². The van der Waals surface area contributed by atoms with Crippen LogP contribution in [-0.2, 0) is 13.0 Å². The molecule has 5 nitrogen and oxygen atoms in total. The zero-order valence-electron chi connectivity index (χ0n) is 14.1. The molecule has 2 aromatic carbocycles. The highest BCUT2D eigenvalue weighted by molar-refractivity contribution is 5.77. The number of nitriles is 1. The number of nitrogens with zero attached hydrogens (tertiary/aromatic N) is 3. The predicted molar refractivity (Wildman–Crippen MR) is 94.6 cm³/mol. The minimum Gasteiger partial charge on any atom is -0.493 e. The molecule has 0 N–H and O–H groups in total. The van der Waals surface area contributed by atoms with Gasteiger partial charge in [-0.25, -0.2) is 4.98 Å². The number of aromatic nitrogens is 2. The number of hydrogen-bond acceptors (Lipinski definition) is 4. The van der Waals surface area contributed by atoms with Crippen LogP contribution in [0.5, 0.6) is 11.5 Å². The Bertz CT molecular complexity index is 984. The average molecular weight is 331 g/mol. The van der Waals surface area contributed by atoms with Gasteiger partial charge in [-0.15, -0.1) is 0 Å². The number of methoxy groups -OCH3 is 2. The molecule has 1 aromatic heterocycles. The maximum atomic E-state index is 9.62. The normalized spacial score (nSPS) is 12.0. The summed E-state index contributed by atoms with van der Waals surface area (Å²) in [7, 11) is 3.25. The molecular weight excluding hydrogens is 314 g/mol. The molecule has 0 unspecified atom stereocenters. The lowest BCUT2D eigenvalue weighted by Crippen LogP contribution is -2.12. The first-order valence-corrected chi connectivity index (χ1v) is 8.08. The monoisotopic (exact) mass is 331 g/mol. The van der Waals surface area contributed by atoms with Gasteiger partial charge >= 0.3 is 0 Å². The molecule has 0 saturated carbocycles. The highest BCUT2D eigenvalue weighted by Crippen LogP contribution is 2.41. The number of imidazole rings is 1. The van der Waals surface area contributed by atoms with Crippen LogP contribution in [0.4, 0.5) is 0 Å². The van der Waals surface area contributed by atoms with E-state index in [-0.39, 0.29) is 0 Å². The molecule has 0 spiro atoms. The van der Waals surface area contributed by atoms with E-state index in [0.717, 1.165) is 41.2 Å². The quantitative estimate of drug-likeness (QED) is 0.735. The molecule has 1 aliphatic heterocycles. The first-order chi connectivity index (χ1) is 12.3. The number of rotatable bonds is 3. The third kappa shape index (κ3) is 2.34. The number of ether oxygens (including phenoxy) is 2. The van der Waals surface area contributed by atoms with Crippen molar-refractivity contribution in [3.05, 3.63) is 53.7 Å². The summed E-state index contributed by atoms with van der Waals surface area (Å²) >= 11 is 0. The van der Waals surface area contributed by atoms with E-state index in [0.29, 0.717) is 17.2 Å². The molecule has 0 aliphatic carbocycles. The van der Waals surface area contributed by atoms with E-state index in [2.05, 4.69) is 15.6 Å². The van der Waals surface area contributed by atoms with Gasteiger partial charge in [-0.2, -0.15) is 5.26 Å². The summed E-state index contributed by atoms with van der Waals surface area (Å²) in [6.07, 6.45) is 0.851. The summed E-state index contributed by atoms with van der Waals surface area (Å²) in [5, 5.41) is 9.62. The molecule has 2 heterocycles. The van der Waals surface area contributed by atoms with Gasteiger partial charge in [0.1, 0.15) is 11.9 Å². The minimum absolute atomic E-state index is 0.437. The Morgan fingerprint density at radius 2 is 1.80 bits per heavy atom.